The third-order valence-corrected chi connectivity index (χ3v) is 5.41. The van der Waals surface area contributed by atoms with Gasteiger partial charge in [0.2, 0.25) is 0 Å². The van der Waals surface area contributed by atoms with E-state index in [2.05, 4.69) is 0 Å². The maximum absolute atomic E-state index is 12.5. The molecule has 0 radical (unpaired) electrons. The van der Waals surface area contributed by atoms with Gasteiger partial charge in [-0.05, 0) is 30.2 Å². The van der Waals surface area contributed by atoms with Gasteiger partial charge in [-0.2, -0.15) is 5.26 Å². The Morgan fingerprint density at radius 1 is 1.21 bits per heavy atom. The Kier molecular flexibility index (Phi) is 5.37. The number of rotatable bonds is 6. The second-order valence-corrected chi connectivity index (χ2v) is 6.42. The highest BCUT2D eigenvalue weighted by atomic mass is 32.2. The van der Waals surface area contributed by atoms with Crippen molar-refractivity contribution in [2.75, 3.05) is 7.11 Å². The first-order valence-corrected chi connectivity index (χ1v) is 7.83. The summed E-state index contributed by atoms with van der Waals surface area (Å²) in [6, 6.07) is 8.11. The van der Waals surface area contributed by atoms with Crippen molar-refractivity contribution in [3.05, 3.63) is 24.3 Å². The quantitative estimate of drug-likeness (QED) is 0.804. The minimum atomic E-state index is -3.62. The van der Waals surface area contributed by atoms with Crippen LogP contribution in [0.4, 0.5) is 0 Å². The summed E-state index contributed by atoms with van der Waals surface area (Å²) in [6.45, 7) is 3.81. The van der Waals surface area contributed by atoms with E-state index in [1.165, 1.54) is 19.2 Å². The molecule has 5 heteroatoms. The third kappa shape index (κ3) is 3.27. The van der Waals surface area contributed by atoms with Crippen LogP contribution in [0.1, 0.15) is 26.7 Å². The Morgan fingerprint density at radius 2 is 1.74 bits per heavy atom. The van der Waals surface area contributed by atoms with E-state index in [0.717, 1.165) is 0 Å². The van der Waals surface area contributed by atoms with Crippen molar-refractivity contribution in [1.82, 2.24) is 0 Å². The number of hydrogen-bond acceptors (Lipinski definition) is 4. The van der Waals surface area contributed by atoms with Gasteiger partial charge in [-0.15, -0.1) is 0 Å². The molecule has 1 aromatic rings. The molecular formula is C14H19NO3S. The zero-order valence-corrected chi connectivity index (χ0v) is 12.3. The fraction of sp³-hybridized carbons (Fsp3) is 0.500. The first-order chi connectivity index (χ1) is 9.01. The molecule has 0 saturated carbocycles. The van der Waals surface area contributed by atoms with E-state index in [1.807, 2.05) is 19.9 Å². The van der Waals surface area contributed by atoms with E-state index < -0.39 is 15.1 Å². The second-order valence-electron chi connectivity index (χ2n) is 4.35. The van der Waals surface area contributed by atoms with Crippen LogP contribution in [-0.2, 0) is 9.84 Å². The van der Waals surface area contributed by atoms with E-state index in [0.29, 0.717) is 18.6 Å². The van der Waals surface area contributed by atoms with Crippen LogP contribution in [0.2, 0.25) is 0 Å². The maximum atomic E-state index is 12.5. The van der Waals surface area contributed by atoms with Crippen molar-refractivity contribution in [1.29, 1.82) is 5.26 Å². The highest BCUT2D eigenvalue weighted by Crippen LogP contribution is 2.26. The number of nitrogens with zero attached hydrogens (tertiary/aromatic N) is 1. The molecule has 4 nitrogen and oxygen atoms in total. The number of benzene rings is 1. The topological polar surface area (TPSA) is 67.2 Å². The summed E-state index contributed by atoms with van der Waals surface area (Å²) in [4.78, 5) is 0.173. The predicted octanol–water partition coefficient (Wildman–Crippen LogP) is 2.80. The van der Waals surface area contributed by atoms with Crippen LogP contribution in [0.15, 0.2) is 29.2 Å². The summed E-state index contributed by atoms with van der Waals surface area (Å²) in [5.74, 6) is 0.451. The van der Waals surface area contributed by atoms with Crippen molar-refractivity contribution in [3.8, 4) is 11.8 Å². The van der Waals surface area contributed by atoms with Gasteiger partial charge in [0.25, 0.3) is 0 Å². The van der Waals surface area contributed by atoms with E-state index in [4.69, 9.17) is 4.74 Å². The fourth-order valence-electron chi connectivity index (χ4n) is 2.06. The highest BCUT2D eigenvalue weighted by molar-refractivity contribution is 7.92. The van der Waals surface area contributed by atoms with Crippen LogP contribution in [0, 0.1) is 17.2 Å². The summed E-state index contributed by atoms with van der Waals surface area (Å²) >= 11 is 0. The van der Waals surface area contributed by atoms with Crippen LogP contribution in [0.25, 0.3) is 0 Å². The molecule has 104 valence electrons. The van der Waals surface area contributed by atoms with Gasteiger partial charge in [0.05, 0.1) is 18.1 Å². The zero-order chi connectivity index (χ0) is 14.5. The molecule has 0 aliphatic rings. The molecule has 0 N–H and O–H groups in total. The molecule has 0 aromatic heterocycles. The molecule has 0 bridgehead atoms. The van der Waals surface area contributed by atoms with Crippen molar-refractivity contribution in [3.63, 3.8) is 0 Å². The lowest BCUT2D eigenvalue weighted by Gasteiger charge is -2.19. The van der Waals surface area contributed by atoms with Gasteiger partial charge in [0.15, 0.2) is 15.1 Å². The minimum Gasteiger partial charge on any atom is -0.497 e. The van der Waals surface area contributed by atoms with Gasteiger partial charge in [-0.1, -0.05) is 26.7 Å². The van der Waals surface area contributed by atoms with Crippen LogP contribution < -0.4 is 4.74 Å². The van der Waals surface area contributed by atoms with E-state index in [1.54, 1.807) is 12.1 Å². The van der Waals surface area contributed by atoms with Crippen LogP contribution >= 0.6 is 0 Å². The Bertz CT molecular complexity index is 539. The van der Waals surface area contributed by atoms with Crippen molar-refractivity contribution in [2.24, 2.45) is 5.92 Å². The Labute approximate surface area is 114 Å². The first kappa shape index (κ1) is 15.5. The van der Waals surface area contributed by atoms with Gasteiger partial charge < -0.3 is 4.74 Å². The fourth-order valence-corrected chi connectivity index (χ4v) is 3.90. The minimum absolute atomic E-state index is 0.142. The molecule has 0 aliphatic carbocycles. The van der Waals surface area contributed by atoms with Crippen molar-refractivity contribution >= 4 is 9.84 Å². The number of nitriles is 1. The highest BCUT2D eigenvalue weighted by Gasteiger charge is 2.33. The lowest BCUT2D eigenvalue weighted by molar-refractivity contribution is 0.414. The van der Waals surface area contributed by atoms with E-state index in [-0.39, 0.29) is 10.8 Å². The number of ether oxygens (including phenoxy) is 1. The summed E-state index contributed by atoms with van der Waals surface area (Å²) < 4.78 is 29.9. The van der Waals surface area contributed by atoms with Crippen molar-refractivity contribution in [2.45, 2.75) is 36.8 Å². The lowest BCUT2D eigenvalue weighted by Crippen LogP contribution is -2.28. The Balaban J connectivity index is 3.17. The van der Waals surface area contributed by atoms with Crippen molar-refractivity contribution < 1.29 is 13.2 Å². The smallest absolute Gasteiger partial charge is 0.194 e. The molecule has 19 heavy (non-hydrogen) atoms. The van der Waals surface area contributed by atoms with Gasteiger partial charge in [-0.3, -0.25) is 0 Å². The molecule has 0 aliphatic heterocycles. The standard InChI is InChI=1S/C14H19NO3S/c1-4-11(5-2)14(10-15)19(16,17)13-8-6-12(18-3)7-9-13/h6-9,11,14H,4-5H2,1-3H3. The monoisotopic (exact) mass is 281 g/mol. The van der Waals surface area contributed by atoms with Gasteiger partial charge in [-0.25, -0.2) is 8.42 Å². The van der Waals surface area contributed by atoms with E-state index in [9.17, 15) is 13.7 Å². The summed E-state index contributed by atoms with van der Waals surface area (Å²) in [5, 5.41) is 8.21. The summed E-state index contributed by atoms with van der Waals surface area (Å²) in [5.41, 5.74) is 0. The van der Waals surface area contributed by atoms with Gasteiger partial charge in [0.1, 0.15) is 5.75 Å². The third-order valence-electron chi connectivity index (χ3n) is 3.33. The van der Waals surface area contributed by atoms with Crippen LogP contribution in [0.3, 0.4) is 0 Å². The molecule has 0 fully saturated rings. The Hall–Kier alpha value is -1.54. The molecule has 1 rings (SSSR count). The van der Waals surface area contributed by atoms with Crippen LogP contribution in [0.5, 0.6) is 5.75 Å². The maximum Gasteiger partial charge on any atom is 0.194 e. The first-order valence-electron chi connectivity index (χ1n) is 6.28. The van der Waals surface area contributed by atoms with Gasteiger partial charge in [0, 0.05) is 0 Å². The average molecular weight is 281 g/mol. The average Bonchev–Trinajstić information content (AvgIpc) is 2.44. The molecule has 0 heterocycles. The molecular weight excluding hydrogens is 262 g/mol. The number of hydrogen-bond donors (Lipinski definition) is 0. The number of methoxy groups -OCH3 is 1. The van der Waals surface area contributed by atoms with E-state index >= 15 is 0 Å². The Morgan fingerprint density at radius 3 is 2.11 bits per heavy atom. The predicted molar refractivity (Wildman–Crippen MR) is 73.7 cm³/mol. The van der Waals surface area contributed by atoms with Crippen LogP contribution in [-0.4, -0.2) is 20.8 Å². The largest absolute Gasteiger partial charge is 0.497 e. The van der Waals surface area contributed by atoms with Gasteiger partial charge >= 0.3 is 0 Å². The normalized spacial score (nSPS) is 13.0. The zero-order valence-electron chi connectivity index (χ0n) is 11.5. The SMILES string of the molecule is CCC(CC)C(C#N)S(=O)(=O)c1ccc(OC)cc1. The summed E-state index contributed by atoms with van der Waals surface area (Å²) in [6.07, 6.45) is 1.34. The second kappa shape index (κ2) is 6.58. The molecule has 0 amide bonds. The molecule has 0 spiro atoms. The molecule has 1 atom stereocenters. The molecule has 1 unspecified atom stereocenters. The number of sulfone groups is 1. The molecule has 1 aromatic carbocycles. The molecule has 0 saturated heterocycles. The summed E-state index contributed by atoms with van der Waals surface area (Å²) in [7, 11) is -2.10. The lowest BCUT2D eigenvalue weighted by atomic mass is 10.0.